The second-order valence-electron chi connectivity index (χ2n) is 4.66. The number of hydrogen-bond donors (Lipinski definition) is 2. The van der Waals surface area contributed by atoms with Crippen LogP contribution in [0.4, 0.5) is 25.0 Å². The van der Waals surface area contributed by atoms with Gasteiger partial charge < -0.3 is 10.1 Å². The van der Waals surface area contributed by atoms with Crippen molar-refractivity contribution in [1.29, 1.82) is 0 Å². The summed E-state index contributed by atoms with van der Waals surface area (Å²) in [6, 6.07) is 9.28. The largest absolute Gasteiger partial charge is 0.453 e. The van der Waals surface area contributed by atoms with Crippen LogP contribution >= 0.6 is 0 Å². The minimum atomic E-state index is -0.821. The molecule has 2 aromatic carbocycles. The van der Waals surface area contributed by atoms with Crippen LogP contribution in [0, 0.1) is 11.6 Å². The van der Waals surface area contributed by atoms with Crippen LogP contribution in [-0.2, 0) is 16.0 Å². The Kier molecular flexibility index (Phi) is 5.24. The summed E-state index contributed by atoms with van der Waals surface area (Å²) in [5.41, 5.74) is 0.834. The van der Waals surface area contributed by atoms with E-state index in [1.165, 1.54) is 36.4 Å². The first kappa shape index (κ1) is 16.4. The van der Waals surface area contributed by atoms with Gasteiger partial charge in [-0.05, 0) is 35.9 Å². The molecule has 0 fully saturated rings. The summed E-state index contributed by atoms with van der Waals surface area (Å²) in [6.45, 7) is 0. The average Bonchev–Trinajstić information content (AvgIpc) is 2.52. The van der Waals surface area contributed by atoms with E-state index in [0.29, 0.717) is 11.3 Å². The molecule has 2 rings (SSSR count). The topological polar surface area (TPSA) is 67.4 Å². The fraction of sp³-hybridized carbons (Fsp3) is 0.125. The molecule has 0 bridgehead atoms. The van der Waals surface area contributed by atoms with Crippen LogP contribution in [0.3, 0.4) is 0 Å². The zero-order valence-corrected chi connectivity index (χ0v) is 12.2. The predicted octanol–water partition coefficient (Wildman–Crippen LogP) is 3.32. The highest BCUT2D eigenvalue weighted by molar-refractivity contribution is 5.93. The van der Waals surface area contributed by atoms with Crippen LogP contribution in [0.25, 0.3) is 0 Å². The molecule has 0 aliphatic carbocycles. The Labute approximate surface area is 131 Å². The maximum Gasteiger partial charge on any atom is 0.411 e. The van der Waals surface area contributed by atoms with Crippen LogP contribution in [0.5, 0.6) is 0 Å². The Morgan fingerprint density at radius 1 is 1.04 bits per heavy atom. The van der Waals surface area contributed by atoms with E-state index in [-0.39, 0.29) is 23.8 Å². The lowest BCUT2D eigenvalue weighted by Crippen LogP contribution is -2.16. The zero-order valence-electron chi connectivity index (χ0n) is 12.2. The maximum absolute atomic E-state index is 13.6. The summed E-state index contributed by atoms with van der Waals surface area (Å²) in [4.78, 5) is 23.0. The van der Waals surface area contributed by atoms with E-state index >= 15 is 0 Å². The van der Waals surface area contributed by atoms with Gasteiger partial charge in [-0.1, -0.05) is 12.1 Å². The molecular formula is C16H14F2N2O3. The van der Waals surface area contributed by atoms with Crippen molar-refractivity contribution in [2.24, 2.45) is 0 Å². The van der Waals surface area contributed by atoms with Gasteiger partial charge in [0.25, 0.3) is 0 Å². The van der Waals surface area contributed by atoms with Crippen molar-refractivity contribution in [1.82, 2.24) is 0 Å². The molecule has 0 heterocycles. The molecule has 0 atom stereocenters. The molecule has 0 unspecified atom stereocenters. The smallest absolute Gasteiger partial charge is 0.411 e. The van der Waals surface area contributed by atoms with Gasteiger partial charge in [-0.25, -0.2) is 13.6 Å². The molecule has 7 heteroatoms. The van der Waals surface area contributed by atoms with Gasteiger partial charge in [-0.3, -0.25) is 10.1 Å². The summed E-state index contributed by atoms with van der Waals surface area (Å²) in [5.74, 6) is -1.40. The first-order valence-electron chi connectivity index (χ1n) is 6.67. The monoisotopic (exact) mass is 320 g/mol. The van der Waals surface area contributed by atoms with Gasteiger partial charge in [0.2, 0.25) is 5.91 Å². The Hall–Kier alpha value is -2.96. The second kappa shape index (κ2) is 7.35. The van der Waals surface area contributed by atoms with Crippen LogP contribution in [0.1, 0.15) is 5.56 Å². The van der Waals surface area contributed by atoms with Crippen molar-refractivity contribution in [3.63, 3.8) is 0 Å². The highest BCUT2D eigenvalue weighted by atomic mass is 19.1. The van der Waals surface area contributed by atoms with Gasteiger partial charge in [0.05, 0.1) is 19.2 Å². The first-order chi connectivity index (χ1) is 11.0. The van der Waals surface area contributed by atoms with E-state index in [9.17, 15) is 18.4 Å². The zero-order chi connectivity index (χ0) is 16.8. The fourth-order valence-corrected chi connectivity index (χ4v) is 1.85. The van der Waals surface area contributed by atoms with Crippen molar-refractivity contribution in [2.45, 2.75) is 6.42 Å². The van der Waals surface area contributed by atoms with E-state index < -0.39 is 11.9 Å². The Balaban J connectivity index is 2.04. The average molecular weight is 320 g/mol. The van der Waals surface area contributed by atoms with E-state index in [1.807, 2.05) is 0 Å². The minimum absolute atomic E-state index is 0.0391. The normalized spacial score (nSPS) is 10.0. The number of carbonyl (C=O) groups excluding carboxylic acids is 2. The maximum atomic E-state index is 13.6. The first-order valence-corrected chi connectivity index (χ1v) is 6.67. The number of anilines is 2. The molecule has 2 aromatic rings. The highest BCUT2D eigenvalue weighted by Gasteiger charge is 2.10. The number of amides is 2. The summed E-state index contributed by atoms with van der Waals surface area (Å²) in [6.07, 6.45) is -0.782. The standard InChI is InChI=1S/C16H14F2N2O3/c1-23-16(22)20-14-9-12(6-7-13(14)18)19-15(21)8-10-2-4-11(17)5-3-10/h2-7,9H,8H2,1H3,(H,19,21)(H,20,22). The van der Waals surface area contributed by atoms with Crippen LogP contribution in [-0.4, -0.2) is 19.1 Å². The number of ether oxygens (including phenoxy) is 1. The summed E-state index contributed by atoms with van der Waals surface area (Å²) >= 11 is 0. The predicted molar refractivity (Wildman–Crippen MR) is 81.2 cm³/mol. The van der Waals surface area contributed by atoms with E-state index in [2.05, 4.69) is 15.4 Å². The van der Waals surface area contributed by atoms with E-state index in [4.69, 9.17) is 0 Å². The summed E-state index contributed by atoms with van der Waals surface area (Å²) < 4.78 is 30.8. The number of benzene rings is 2. The van der Waals surface area contributed by atoms with Crippen molar-refractivity contribution in [2.75, 3.05) is 17.7 Å². The van der Waals surface area contributed by atoms with Crippen molar-refractivity contribution in [3.05, 3.63) is 59.7 Å². The molecule has 0 saturated heterocycles. The SMILES string of the molecule is COC(=O)Nc1cc(NC(=O)Cc2ccc(F)cc2)ccc1F. The molecule has 2 N–H and O–H groups in total. The van der Waals surface area contributed by atoms with Crippen molar-refractivity contribution in [3.8, 4) is 0 Å². The molecular weight excluding hydrogens is 306 g/mol. The van der Waals surface area contributed by atoms with Crippen LogP contribution in [0.15, 0.2) is 42.5 Å². The lowest BCUT2D eigenvalue weighted by atomic mass is 10.1. The van der Waals surface area contributed by atoms with Gasteiger partial charge in [0, 0.05) is 5.69 Å². The molecule has 5 nitrogen and oxygen atoms in total. The number of hydrogen-bond acceptors (Lipinski definition) is 3. The third-order valence-electron chi connectivity index (χ3n) is 2.95. The Bertz CT molecular complexity index is 718. The molecule has 2 amide bonds. The molecule has 120 valence electrons. The lowest BCUT2D eigenvalue weighted by Gasteiger charge is -2.09. The molecule has 0 radical (unpaired) electrons. The van der Waals surface area contributed by atoms with E-state index in [1.54, 1.807) is 0 Å². The third kappa shape index (κ3) is 4.77. The molecule has 0 aliphatic rings. The van der Waals surface area contributed by atoms with Gasteiger partial charge in [-0.15, -0.1) is 0 Å². The Morgan fingerprint density at radius 2 is 1.74 bits per heavy atom. The fourth-order valence-electron chi connectivity index (χ4n) is 1.85. The summed E-state index contributed by atoms with van der Waals surface area (Å²) in [7, 11) is 1.15. The number of methoxy groups -OCH3 is 1. The van der Waals surface area contributed by atoms with Crippen LogP contribution < -0.4 is 10.6 Å². The van der Waals surface area contributed by atoms with Crippen LogP contribution in [0.2, 0.25) is 0 Å². The number of nitrogens with one attached hydrogen (secondary N) is 2. The van der Waals surface area contributed by atoms with Gasteiger partial charge in [-0.2, -0.15) is 0 Å². The number of halogens is 2. The number of rotatable bonds is 4. The van der Waals surface area contributed by atoms with Crippen molar-refractivity contribution < 1.29 is 23.1 Å². The third-order valence-corrected chi connectivity index (χ3v) is 2.95. The van der Waals surface area contributed by atoms with Gasteiger partial charge in [0.15, 0.2) is 0 Å². The molecule has 23 heavy (non-hydrogen) atoms. The summed E-state index contributed by atoms with van der Waals surface area (Å²) in [5, 5.41) is 4.77. The molecule has 0 saturated carbocycles. The molecule has 0 spiro atoms. The number of carbonyl (C=O) groups is 2. The molecule has 0 aliphatic heterocycles. The Morgan fingerprint density at radius 3 is 2.39 bits per heavy atom. The second-order valence-corrected chi connectivity index (χ2v) is 4.66. The van der Waals surface area contributed by atoms with E-state index in [0.717, 1.165) is 13.2 Å². The highest BCUT2D eigenvalue weighted by Crippen LogP contribution is 2.20. The van der Waals surface area contributed by atoms with Crippen molar-refractivity contribution >= 4 is 23.4 Å². The van der Waals surface area contributed by atoms with Gasteiger partial charge >= 0.3 is 6.09 Å². The quantitative estimate of drug-likeness (QED) is 0.908. The lowest BCUT2D eigenvalue weighted by molar-refractivity contribution is -0.115. The minimum Gasteiger partial charge on any atom is -0.453 e. The van der Waals surface area contributed by atoms with Gasteiger partial charge in [0.1, 0.15) is 11.6 Å². The molecule has 0 aromatic heterocycles.